The summed E-state index contributed by atoms with van der Waals surface area (Å²) >= 11 is 0. The van der Waals surface area contributed by atoms with Gasteiger partial charge in [0, 0.05) is 6.54 Å². The summed E-state index contributed by atoms with van der Waals surface area (Å²) in [6, 6.07) is 10.4. The van der Waals surface area contributed by atoms with Crippen molar-refractivity contribution in [3.63, 3.8) is 0 Å². The maximum absolute atomic E-state index is 13.2. The fourth-order valence-corrected chi connectivity index (χ4v) is 2.77. The number of nitrogens with zero attached hydrogens (tertiary/aromatic N) is 3. The van der Waals surface area contributed by atoms with Gasteiger partial charge < -0.3 is 21.1 Å². The zero-order valence-electron chi connectivity index (χ0n) is 16.6. The number of aryl methyl sites for hydroxylation is 1. The number of pyridine rings is 1. The number of aliphatic hydroxyl groups excluding tert-OH is 1. The van der Waals surface area contributed by atoms with Crippen LogP contribution in [0.3, 0.4) is 0 Å². The first-order chi connectivity index (χ1) is 14.8. The van der Waals surface area contributed by atoms with E-state index in [1.54, 1.807) is 30.3 Å². The topological polar surface area (TPSA) is 104 Å². The number of aliphatic hydroxyl groups is 1. The third kappa shape index (κ3) is 5.95. The molecular formula is C20H21F3N6O2. The van der Waals surface area contributed by atoms with E-state index in [1.807, 2.05) is 13.0 Å². The standard InChI is InChI=1S/C20H21F3N6O2/c1-13-3-2-4-15(9-13)29-16(10-17(28-29)20(21,22)23)12-26-19(31)27-14-5-6-18(25-11-14)24-7-8-30/h2-6,9-11,30H,7-8,12H2,1H3,(H,24,25)(H2,26,27,31). The Bertz CT molecular complexity index is 1030. The van der Waals surface area contributed by atoms with E-state index < -0.39 is 17.9 Å². The molecular weight excluding hydrogens is 413 g/mol. The van der Waals surface area contributed by atoms with Crippen molar-refractivity contribution in [1.82, 2.24) is 20.1 Å². The number of benzene rings is 1. The Morgan fingerprint density at radius 3 is 2.65 bits per heavy atom. The van der Waals surface area contributed by atoms with Crippen LogP contribution in [0.4, 0.5) is 29.5 Å². The van der Waals surface area contributed by atoms with Gasteiger partial charge in [0.05, 0.1) is 36.4 Å². The van der Waals surface area contributed by atoms with Crippen molar-refractivity contribution in [2.24, 2.45) is 0 Å². The summed E-state index contributed by atoms with van der Waals surface area (Å²) in [5.74, 6) is 0.529. The number of amides is 2. The highest BCUT2D eigenvalue weighted by Gasteiger charge is 2.35. The Hall–Kier alpha value is -3.60. The molecule has 0 radical (unpaired) electrons. The molecule has 0 aliphatic heterocycles. The molecule has 164 valence electrons. The summed E-state index contributed by atoms with van der Waals surface area (Å²) in [5, 5.41) is 20.4. The lowest BCUT2D eigenvalue weighted by molar-refractivity contribution is -0.141. The number of hydrogen-bond acceptors (Lipinski definition) is 5. The van der Waals surface area contributed by atoms with Crippen molar-refractivity contribution in [3.05, 3.63) is 65.6 Å². The molecule has 1 aromatic carbocycles. The van der Waals surface area contributed by atoms with Gasteiger partial charge in [0.1, 0.15) is 5.82 Å². The average molecular weight is 434 g/mol. The van der Waals surface area contributed by atoms with Crippen LogP contribution in [-0.4, -0.2) is 39.1 Å². The molecule has 0 fully saturated rings. The van der Waals surface area contributed by atoms with E-state index >= 15 is 0 Å². The predicted octanol–water partition coefficient (Wildman–Crippen LogP) is 3.32. The Labute approximate surface area is 176 Å². The molecule has 2 aromatic heterocycles. The van der Waals surface area contributed by atoms with Gasteiger partial charge in [-0.25, -0.2) is 14.5 Å². The lowest BCUT2D eigenvalue weighted by Crippen LogP contribution is -2.29. The summed E-state index contributed by atoms with van der Waals surface area (Å²) < 4.78 is 40.7. The van der Waals surface area contributed by atoms with Crippen LogP contribution in [-0.2, 0) is 12.7 Å². The van der Waals surface area contributed by atoms with Crippen molar-refractivity contribution in [1.29, 1.82) is 0 Å². The molecule has 0 aliphatic rings. The largest absolute Gasteiger partial charge is 0.435 e. The number of halogens is 3. The quantitative estimate of drug-likeness (QED) is 0.457. The number of hydrogen-bond donors (Lipinski definition) is 4. The van der Waals surface area contributed by atoms with Crippen LogP contribution in [0.1, 0.15) is 17.0 Å². The molecule has 0 spiro atoms. The number of nitrogens with one attached hydrogen (secondary N) is 3. The van der Waals surface area contributed by atoms with Crippen LogP contribution in [0.15, 0.2) is 48.7 Å². The van der Waals surface area contributed by atoms with Crippen LogP contribution in [0.2, 0.25) is 0 Å². The third-order valence-corrected chi connectivity index (χ3v) is 4.19. The Morgan fingerprint density at radius 2 is 2.00 bits per heavy atom. The maximum atomic E-state index is 13.2. The van der Waals surface area contributed by atoms with Crippen LogP contribution in [0.5, 0.6) is 0 Å². The van der Waals surface area contributed by atoms with Crippen LogP contribution < -0.4 is 16.0 Å². The summed E-state index contributed by atoms with van der Waals surface area (Å²) in [6.45, 7) is 1.95. The number of aromatic nitrogens is 3. The lowest BCUT2D eigenvalue weighted by atomic mass is 10.2. The van der Waals surface area contributed by atoms with Gasteiger partial charge in [-0.1, -0.05) is 12.1 Å². The summed E-state index contributed by atoms with van der Waals surface area (Å²) in [7, 11) is 0. The van der Waals surface area contributed by atoms with E-state index in [4.69, 9.17) is 5.11 Å². The molecule has 0 saturated carbocycles. The van der Waals surface area contributed by atoms with Crippen LogP contribution in [0, 0.1) is 6.92 Å². The van der Waals surface area contributed by atoms with Crippen molar-refractivity contribution >= 4 is 17.5 Å². The van der Waals surface area contributed by atoms with E-state index in [0.29, 0.717) is 23.7 Å². The van der Waals surface area contributed by atoms with Gasteiger partial charge >= 0.3 is 12.2 Å². The monoisotopic (exact) mass is 434 g/mol. The first kappa shape index (κ1) is 22.1. The highest BCUT2D eigenvalue weighted by molar-refractivity contribution is 5.89. The summed E-state index contributed by atoms with van der Waals surface area (Å²) in [6.07, 6.45) is -3.19. The van der Waals surface area contributed by atoms with Gasteiger partial charge in [0.15, 0.2) is 5.69 Å². The molecule has 0 atom stereocenters. The fourth-order valence-electron chi connectivity index (χ4n) is 2.77. The minimum Gasteiger partial charge on any atom is -0.395 e. The molecule has 0 bridgehead atoms. The van der Waals surface area contributed by atoms with Crippen LogP contribution >= 0.6 is 0 Å². The molecule has 3 rings (SSSR count). The van der Waals surface area contributed by atoms with Gasteiger partial charge in [-0.3, -0.25) is 0 Å². The minimum absolute atomic E-state index is 0.0424. The Morgan fingerprint density at radius 1 is 1.19 bits per heavy atom. The molecule has 4 N–H and O–H groups in total. The first-order valence-electron chi connectivity index (χ1n) is 9.35. The number of anilines is 2. The molecule has 0 unspecified atom stereocenters. The van der Waals surface area contributed by atoms with E-state index in [1.165, 1.54) is 10.9 Å². The smallest absolute Gasteiger partial charge is 0.395 e. The van der Waals surface area contributed by atoms with Crippen molar-refractivity contribution in [3.8, 4) is 5.69 Å². The first-order valence-corrected chi connectivity index (χ1v) is 9.35. The fraction of sp³-hybridized carbons (Fsp3) is 0.250. The van der Waals surface area contributed by atoms with Crippen molar-refractivity contribution in [2.75, 3.05) is 23.8 Å². The van der Waals surface area contributed by atoms with Gasteiger partial charge in [0.25, 0.3) is 0 Å². The Balaban J connectivity index is 1.70. The Kier molecular flexibility index (Phi) is 6.75. The average Bonchev–Trinajstić information content (AvgIpc) is 3.17. The number of urea groups is 1. The molecule has 31 heavy (non-hydrogen) atoms. The second-order valence-electron chi connectivity index (χ2n) is 6.66. The molecule has 11 heteroatoms. The SMILES string of the molecule is Cc1cccc(-n2nc(C(F)(F)F)cc2CNC(=O)Nc2ccc(NCCO)nc2)c1. The zero-order valence-corrected chi connectivity index (χ0v) is 16.6. The van der Waals surface area contributed by atoms with Crippen molar-refractivity contribution in [2.45, 2.75) is 19.6 Å². The van der Waals surface area contributed by atoms with Gasteiger partial charge in [-0.05, 0) is 42.8 Å². The molecule has 2 amide bonds. The van der Waals surface area contributed by atoms with E-state index in [0.717, 1.165) is 11.6 Å². The third-order valence-electron chi connectivity index (χ3n) is 4.19. The van der Waals surface area contributed by atoms with E-state index in [-0.39, 0.29) is 18.8 Å². The molecule has 0 saturated heterocycles. The second-order valence-corrected chi connectivity index (χ2v) is 6.66. The van der Waals surface area contributed by atoms with Crippen molar-refractivity contribution < 1.29 is 23.1 Å². The lowest BCUT2D eigenvalue weighted by Gasteiger charge is -2.11. The minimum atomic E-state index is -4.61. The molecule has 0 aliphatic carbocycles. The predicted molar refractivity (Wildman–Crippen MR) is 109 cm³/mol. The number of carbonyl (C=O) groups excluding carboxylic acids is 1. The molecule has 3 aromatic rings. The van der Waals surface area contributed by atoms with E-state index in [2.05, 4.69) is 26.0 Å². The van der Waals surface area contributed by atoms with E-state index in [9.17, 15) is 18.0 Å². The van der Waals surface area contributed by atoms with Gasteiger partial charge in [-0.15, -0.1) is 0 Å². The highest BCUT2D eigenvalue weighted by atomic mass is 19.4. The number of carbonyl (C=O) groups is 1. The highest BCUT2D eigenvalue weighted by Crippen LogP contribution is 2.29. The zero-order chi connectivity index (χ0) is 22.4. The normalized spacial score (nSPS) is 11.3. The number of rotatable bonds is 7. The van der Waals surface area contributed by atoms with Crippen LogP contribution in [0.25, 0.3) is 5.69 Å². The summed E-state index contributed by atoms with van der Waals surface area (Å²) in [4.78, 5) is 16.3. The second kappa shape index (κ2) is 9.47. The number of alkyl halides is 3. The van der Waals surface area contributed by atoms with Gasteiger partial charge in [0.2, 0.25) is 0 Å². The van der Waals surface area contributed by atoms with Gasteiger partial charge in [-0.2, -0.15) is 18.3 Å². The maximum Gasteiger partial charge on any atom is 0.435 e. The molecule has 8 nitrogen and oxygen atoms in total. The summed E-state index contributed by atoms with van der Waals surface area (Å²) in [5.41, 5.74) is 0.858. The molecule has 2 heterocycles.